The topological polar surface area (TPSA) is 73.6 Å². The lowest BCUT2D eigenvalue weighted by Gasteiger charge is -2.21. The molecule has 0 aromatic carbocycles. The summed E-state index contributed by atoms with van der Waals surface area (Å²) in [6, 6.07) is 0. The van der Waals surface area contributed by atoms with Crippen LogP contribution in [0.4, 0.5) is 0 Å². The molecule has 0 saturated carbocycles. The van der Waals surface area contributed by atoms with Gasteiger partial charge in [0.2, 0.25) is 0 Å². The van der Waals surface area contributed by atoms with Crippen molar-refractivity contribution in [2.45, 2.75) is 18.9 Å². The number of hydrogen-bond acceptors (Lipinski definition) is 4. The van der Waals surface area contributed by atoms with Crippen LogP contribution >= 0.6 is 12.2 Å². The van der Waals surface area contributed by atoms with Crippen LogP contribution in [0, 0.1) is 0 Å². The molecule has 15 heavy (non-hydrogen) atoms. The minimum absolute atomic E-state index is 0.127. The molecule has 86 valence electrons. The van der Waals surface area contributed by atoms with Crippen molar-refractivity contribution in [1.29, 1.82) is 0 Å². The van der Waals surface area contributed by atoms with Crippen molar-refractivity contribution in [1.82, 2.24) is 5.32 Å². The first kappa shape index (κ1) is 12.4. The van der Waals surface area contributed by atoms with E-state index in [1.165, 1.54) is 0 Å². The molecule has 1 fully saturated rings. The van der Waals surface area contributed by atoms with Gasteiger partial charge in [0.15, 0.2) is 6.10 Å². The van der Waals surface area contributed by atoms with Crippen LogP contribution in [-0.2, 0) is 14.3 Å². The van der Waals surface area contributed by atoms with Crippen LogP contribution in [0.1, 0.15) is 12.8 Å². The molecule has 1 saturated heterocycles. The first-order valence-electron chi connectivity index (χ1n) is 4.95. The Labute approximate surface area is 94.3 Å². The second-order valence-electron chi connectivity index (χ2n) is 3.30. The number of carbonyl (C=O) groups excluding carboxylic acids is 1. The quantitative estimate of drug-likeness (QED) is 0.498. The van der Waals surface area contributed by atoms with Gasteiger partial charge in [0.1, 0.15) is 0 Å². The van der Waals surface area contributed by atoms with E-state index < -0.39 is 6.10 Å². The van der Waals surface area contributed by atoms with E-state index in [2.05, 4.69) is 5.32 Å². The highest BCUT2D eigenvalue weighted by Gasteiger charge is 2.21. The van der Waals surface area contributed by atoms with Crippen molar-refractivity contribution in [2.24, 2.45) is 5.73 Å². The highest BCUT2D eigenvalue weighted by atomic mass is 32.1. The maximum atomic E-state index is 11.5. The predicted octanol–water partition coefficient (Wildman–Crippen LogP) is -0.416. The van der Waals surface area contributed by atoms with Gasteiger partial charge in [0.05, 0.1) is 24.8 Å². The van der Waals surface area contributed by atoms with Gasteiger partial charge in [0.25, 0.3) is 5.91 Å². The second kappa shape index (κ2) is 6.71. The molecule has 0 aromatic rings. The van der Waals surface area contributed by atoms with Crippen molar-refractivity contribution in [3.63, 3.8) is 0 Å². The summed E-state index contributed by atoms with van der Waals surface area (Å²) in [4.78, 5) is 11.9. The summed E-state index contributed by atoms with van der Waals surface area (Å²) >= 11 is 4.72. The first-order valence-corrected chi connectivity index (χ1v) is 5.36. The molecule has 1 aliphatic rings. The number of nitrogens with one attached hydrogen (secondary N) is 1. The molecular weight excluding hydrogens is 216 g/mol. The number of carbonyl (C=O) groups is 1. The van der Waals surface area contributed by atoms with Crippen LogP contribution in [0.25, 0.3) is 0 Å². The van der Waals surface area contributed by atoms with Gasteiger partial charge in [-0.1, -0.05) is 12.2 Å². The van der Waals surface area contributed by atoms with Gasteiger partial charge in [-0.15, -0.1) is 0 Å². The van der Waals surface area contributed by atoms with Crippen molar-refractivity contribution in [3.05, 3.63) is 0 Å². The number of ether oxygens (including phenoxy) is 2. The summed E-state index contributed by atoms with van der Waals surface area (Å²) in [5.74, 6) is -0.127. The molecule has 1 amide bonds. The Kier molecular flexibility index (Phi) is 5.52. The van der Waals surface area contributed by atoms with Crippen molar-refractivity contribution < 1.29 is 14.3 Å². The number of hydrogen-bond donors (Lipinski definition) is 2. The minimum atomic E-state index is -0.469. The van der Waals surface area contributed by atoms with E-state index in [9.17, 15) is 4.79 Å². The molecule has 1 rings (SSSR count). The van der Waals surface area contributed by atoms with Gasteiger partial charge in [-0.2, -0.15) is 0 Å². The average molecular weight is 232 g/mol. The monoisotopic (exact) mass is 232 g/mol. The Balaban J connectivity index is 2.09. The van der Waals surface area contributed by atoms with Crippen LogP contribution < -0.4 is 11.1 Å². The van der Waals surface area contributed by atoms with E-state index in [0.717, 1.165) is 6.42 Å². The molecule has 1 atom stereocenters. The summed E-state index contributed by atoms with van der Waals surface area (Å²) in [7, 11) is 0. The van der Waals surface area contributed by atoms with Gasteiger partial charge < -0.3 is 20.5 Å². The molecule has 0 aromatic heterocycles. The van der Waals surface area contributed by atoms with Gasteiger partial charge >= 0.3 is 0 Å². The Hall–Kier alpha value is -0.720. The second-order valence-corrected chi connectivity index (χ2v) is 3.82. The van der Waals surface area contributed by atoms with E-state index in [-0.39, 0.29) is 5.91 Å². The Bertz CT molecular complexity index is 229. The Morgan fingerprint density at radius 3 is 2.93 bits per heavy atom. The molecule has 6 heteroatoms. The van der Waals surface area contributed by atoms with Crippen LogP contribution in [0.5, 0.6) is 0 Å². The number of amides is 1. The summed E-state index contributed by atoms with van der Waals surface area (Å²) in [6.45, 7) is 1.94. The van der Waals surface area contributed by atoms with Gasteiger partial charge in [-0.05, 0) is 12.8 Å². The standard InChI is InChI=1S/C9H16N2O3S/c10-8(15)2-1-3-11-9(12)7-6-13-4-5-14-7/h7H,1-6H2,(H2,10,15)(H,11,12). The smallest absolute Gasteiger partial charge is 0.251 e. The zero-order chi connectivity index (χ0) is 11.1. The zero-order valence-corrected chi connectivity index (χ0v) is 9.35. The summed E-state index contributed by atoms with van der Waals surface area (Å²) in [6.07, 6.45) is 0.940. The van der Waals surface area contributed by atoms with Crippen LogP contribution in [-0.4, -0.2) is 43.4 Å². The Morgan fingerprint density at radius 1 is 1.53 bits per heavy atom. The fourth-order valence-electron chi connectivity index (χ4n) is 1.23. The molecule has 3 N–H and O–H groups in total. The molecule has 5 nitrogen and oxygen atoms in total. The van der Waals surface area contributed by atoms with Crippen molar-refractivity contribution >= 4 is 23.1 Å². The van der Waals surface area contributed by atoms with Crippen LogP contribution in [0.15, 0.2) is 0 Å². The largest absolute Gasteiger partial charge is 0.393 e. The number of thiocarbonyl (C=S) groups is 1. The lowest BCUT2D eigenvalue weighted by molar-refractivity contribution is -0.147. The summed E-state index contributed by atoms with van der Waals surface area (Å²) in [5.41, 5.74) is 5.33. The van der Waals surface area contributed by atoms with Gasteiger partial charge in [-0.3, -0.25) is 4.79 Å². The Morgan fingerprint density at radius 2 is 2.33 bits per heavy atom. The fourth-order valence-corrected chi connectivity index (χ4v) is 1.37. The highest BCUT2D eigenvalue weighted by molar-refractivity contribution is 7.80. The molecule has 1 unspecified atom stereocenters. The van der Waals surface area contributed by atoms with E-state index in [1.807, 2.05) is 0 Å². The lowest BCUT2D eigenvalue weighted by Crippen LogP contribution is -2.43. The lowest BCUT2D eigenvalue weighted by atomic mass is 10.3. The van der Waals surface area contributed by atoms with E-state index >= 15 is 0 Å². The molecule has 0 aliphatic carbocycles. The van der Waals surface area contributed by atoms with Crippen LogP contribution in [0.2, 0.25) is 0 Å². The third kappa shape index (κ3) is 5.06. The van der Waals surface area contributed by atoms with E-state index in [4.69, 9.17) is 27.4 Å². The normalized spacial score (nSPS) is 20.9. The number of rotatable bonds is 5. The molecule has 0 bridgehead atoms. The maximum absolute atomic E-state index is 11.5. The minimum Gasteiger partial charge on any atom is -0.393 e. The molecular formula is C9H16N2O3S. The van der Waals surface area contributed by atoms with Crippen molar-refractivity contribution in [2.75, 3.05) is 26.4 Å². The van der Waals surface area contributed by atoms with Crippen LogP contribution in [0.3, 0.4) is 0 Å². The number of nitrogens with two attached hydrogens (primary N) is 1. The van der Waals surface area contributed by atoms with E-state index in [1.54, 1.807) is 0 Å². The molecule has 0 spiro atoms. The molecule has 0 radical (unpaired) electrons. The first-order chi connectivity index (χ1) is 7.20. The summed E-state index contributed by atoms with van der Waals surface area (Å²) < 4.78 is 10.4. The molecule has 1 heterocycles. The third-order valence-corrected chi connectivity index (χ3v) is 2.21. The van der Waals surface area contributed by atoms with E-state index in [0.29, 0.717) is 37.8 Å². The highest BCUT2D eigenvalue weighted by Crippen LogP contribution is 2.00. The van der Waals surface area contributed by atoms with Gasteiger partial charge in [-0.25, -0.2) is 0 Å². The summed E-state index contributed by atoms with van der Waals surface area (Å²) in [5, 5.41) is 2.75. The average Bonchev–Trinajstić information content (AvgIpc) is 2.25. The van der Waals surface area contributed by atoms with Crippen molar-refractivity contribution in [3.8, 4) is 0 Å². The fraction of sp³-hybridized carbons (Fsp3) is 0.778. The maximum Gasteiger partial charge on any atom is 0.251 e. The third-order valence-electron chi connectivity index (χ3n) is 2.01. The van der Waals surface area contributed by atoms with Gasteiger partial charge in [0, 0.05) is 6.54 Å². The predicted molar refractivity (Wildman–Crippen MR) is 59.6 cm³/mol. The molecule has 1 aliphatic heterocycles. The SMILES string of the molecule is NC(=S)CCCNC(=O)C1COCCO1. The zero-order valence-electron chi connectivity index (χ0n) is 8.53.